The Kier molecular flexibility index (Phi) is 3.81. The number of rotatable bonds is 5. The van der Waals surface area contributed by atoms with Crippen LogP contribution in [-0.2, 0) is 0 Å². The van der Waals surface area contributed by atoms with E-state index >= 15 is 0 Å². The molecule has 18 heavy (non-hydrogen) atoms. The molecule has 0 bridgehead atoms. The van der Waals surface area contributed by atoms with E-state index in [1.165, 1.54) is 38.2 Å². The smallest absolute Gasteiger partial charge is 0.124 e. The van der Waals surface area contributed by atoms with Crippen molar-refractivity contribution < 1.29 is 0 Å². The Morgan fingerprint density at radius 2 is 2.28 bits per heavy atom. The number of anilines is 1. The van der Waals surface area contributed by atoms with Crippen molar-refractivity contribution in [1.29, 1.82) is 0 Å². The lowest BCUT2D eigenvalue weighted by molar-refractivity contribution is 0.320. The third-order valence-corrected chi connectivity index (χ3v) is 4.03. The van der Waals surface area contributed by atoms with Crippen molar-refractivity contribution in [2.45, 2.75) is 25.3 Å². The summed E-state index contributed by atoms with van der Waals surface area (Å²) in [4.78, 5) is 0. The Morgan fingerprint density at radius 3 is 3.00 bits per heavy atom. The van der Waals surface area contributed by atoms with Gasteiger partial charge in [-0.1, -0.05) is 0 Å². The van der Waals surface area contributed by atoms with Gasteiger partial charge in [0.25, 0.3) is 0 Å². The Morgan fingerprint density at radius 1 is 1.33 bits per heavy atom. The highest BCUT2D eigenvalue weighted by Gasteiger charge is 2.21. The molecule has 0 radical (unpaired) electrons. The van der Waals surface area contributed by atoms with E-state index in [-0.39, 0.29) is 0 Å². The van der Waals surface area contributed by atoms with Gasteiger partial charge < -0.3 is 16.0 Å². The molecule has 1 atom stereocenters. The third kappa shape index (κ3) is 2.67. The largest absolute Gasteiger partial charge is 0.370 e. The minimum atomic E-state index is 0.541. The summed E-state index contributed by atoms with van der Waals surface area (Å²) in [6, 6.07) is 2.62. The van der Waals surface area contributed by atoms with Crippen molar-refractivity contribution >= 4 is 5.82 Å². The van der Waals surface area contributed by atoms with Crippen molar-refractivity contribution in [3.05, 3.63) is 12.3 Å². The molecule has 1 unspecified atom stereocenters. The summed E-state index contributed by atoms with van der Waals surface area (Å²) >= 11 is 0. The van der Waals surface area contributed by atoms with Crippen LogP contribution >= 0.6 is 0 Å². The first-order chi connectivity index (χ1) is 8.93. The third-order valence-electron chi connectivity index (χ3n) is 4.03. The minimum absolute atomic E-state index is 0.541. The Balaban J connectivity index is 1.46. The lowest BCUT2D eigenvalue weighted by Gasteiger charge is -2.29. The minimum Gasteiger partial charge on any atom is -0.370 e. The second-order valence-corrected chi connectivity index (χ2v) is 5.40. The zero-order valence-electron chi connectivity index (χ0n) is 10.9. The number of hydrogen-bond donors (Lipinski definition) is 3. The van der Waals surface area contributed by atoms with Crippen molar-refractivity contribution in [3.8, 4) is 0 Å². The van der Waals surface area contributed by atoms with E-state index < -0.39 is 0 Å². The topological polar surface area (TPSA) is 53.9 Å². The van der Waals surface area contributed by atoms with Crippen molar-refractivity contribution in [2.24, 2.45) is 5.92 Å². The van der Waals surface area contributed by atoms with Crippen LogP contribution in [0.5, 0.6) is 0 Å². The highest BCUT2D eigenvalue weighted by atomic mass is 15.4. The summed E-state index contributed by atoms with van der Waals surface area (Å²) in [5.41, 5.74) is 0. The monoisotopic (exact) mass is 249 g/mol. The maximum Gasteiger partial charge on any atom is 0.124 e. The fourth-order valence-electron chi connectivity index (χ4n) is 2.77. The van der Waals surface area contributed by atoms with Crippen LogP contribution in [0.2, 0.25) is 0 Å². The second kappa shape index (κ2) is 5.71. The Bertz CT molecular complexity index is 365. The number of nitrogens with zero attached hydrogens (tertiary/aromatic N) is 2. The van der Waals surface area contributed by atoms with E-state index in [0.29, 0.717) is 6.04 Å². The van der Waals surface area contributed by atoms with Gasteiger partial charge in [-0.05, 0) is 38.3 Å². The maximum absolute atomic E-state index is 4.41. The fourth-order valence-corrected chi connectivity index (χ4v) is 2.77. The average molecular weight is 249 g/mol. The standard InChI is InChI=1S/C13H23N5/c1-2-11(8-14-5-1)3-6-16-13-4-7-17-18(13)12-9-15-10-12/h4,7,11-12,14-16H,1-3,5-6,8-10H2. The van der Waals surface area contributed by atoms with Crippen LogP contribution in [0.15, 0.2) is 12.3 Å². The predicted octanol–water partition coefficient (Wildman–Crippen LogP) is 0.829. The van der Waals surface area contributed by atoms with Crippen LogP contribution in [0.4, 0.5) is 5.82 Å². The Labute approximate surface area is 108 Å². The number of piperidine rings is 1. The summed E-state index contributed by atoms with van der Waals surface area (Å²) in [6.07, 6.45) is 5.85. The highest BCUT2D eigenvalue weighted by Crippen LogP contribution is 2.18. The second-order valence-electron chi connectivity index (χ2n) is 5.40. The summed E-state index contributed by atoms with van der Waals surface area (Å²) in [6.45, 7) is 5.53. The molecule has 1 aromatic rings. The molecule has 2 aliphatic rings. The lowest BCUT2D eigenvalue weighted by atomic mass is 9.96. The SMILES string of the molecule is c1cc(NCCC2CCCNC2)n(C2CNC2)n1. The molecule has 3 rings (SSSR count). The quantitative estimate of drug-likeness (QED) is 0.723. The molecular weight excluding hydrogens is 226 g/mol. The van der Waals surface area contributed by atoms with Crippen molar-refractivity contribution in [3.63, 3.8) is 0 Å². The van der Waals surface area contributed by atoms with Gasteiger partial charge in [0.15, 0.2) is 0 Å². The molecule has 3 heterocycles. The van der Waals surface area contributed by atoms with Gasteiger partial charge in [-0.15, -0.1) is 0 Å². The summed E-state index contributed by atoms with van der Waals surface area (Å²) in [7, 11) is 0. The first-order valence-electron chi connectivity index (χ1n) is 7.12. The van der Waals surface area contributed by atoms with Crippen LogP contribution in [0, 0.1) is 5.92 Å². The van der Waals surface area contributed by atoms with E-state index in [4.69, 9.17) is 0 Å². The van der Waals surface area contributed by atoms with Gasteiger partial charge >= 0.3 is 0 Å². The first kappa shape index (κ1) is 12.0. The van der Waals surface area contributed by atoms with Crippen LogP contribution in [0.1, 0.15) is 25.3 Å². The van der Waals surface area contributed by atoms with E-state index in [1.54, 1.807) is 0 Å². The summed E-state index contributed by atoms with van der Waals surface area (Å²) in [5, 5.41) is 14.7. The van der Waals surface area contributed by atoms with E-state index in [9.17, 15) is 0 Å². The fraction of sp³-hybridized carbons (Fsp3) is 0.769. The highest BCUT2D eigenvalue weighted by molar-refractivity contribution is 5.34. The number of nitrogens with one attached hydrogen (secondary N) is 3. The molecule has 100 valence electrons. The van der Waals surface area contributed by atoms with Gasteiger partial charge in [-0.25, -0.2) is 4.68 Å². The van der Waals surface area contributed by atoms with Gasteiger partial charge in [-0.3, -0.25) is 0 Å². The molecule has 1 aromatic heterocycles. The zero-order chi connectivity index (χ0) is 12.2. The van der Waals surface area contributed by atoms with Gasteiger partial charge in [0.05, 0.1) is 12.2 Å². The Hall–Kier alpha value is -1.07. The lowest BCUT2D eigenvalue weighted by Crippen LogP contribution is -2.44. The molecule has 0 aromatic carbocycles. The molecule has 0 amide bonds. The van der Waals surface area contributed by atoms with Crippen molar-refractivity contribution in [2.75, 3.05) is 38.0 Å². The molecule has 0 aliphatic carbocycles. The van der Waals surface area contributed by atoms with Crippen LogP contribution < -0.4 is 16.0 Å². The summed E-state index contributed by atoms with van der Waals surface area (Å²) < 4.78 is 2.12. The number of aromatic nitrogens is 2. The summed E-state index contributed by atoms with van der Waals surface area (Å²) in [5.74, 6) is 2.01. The van der Waals surface area contributed by atoms with Crippen LogP contribution in [-0.4, -0.2) is 42.5 Å². The molecule has 0 spiro atoms. The molecular formula is C13H23N5. The van der Waals surface area contributed by atoms with E-state index in [1.807, 2.05) is 6.20 Å². The normalized spacial score (nSPS) is 24.8. The number of hydrogen-bond acceptors (Lipinski definition) is 4. The van der Waals surface area contributed by atoms with Gasteiger partial charge in [0.1, 0.15) is 5.82 Å². The molecule has 0 saturated carbocycles. The van der Waals surface area contributed by atoms with Crippen LogP contribution in [0.25, 0.3) is 0 Å². The molecule has 5 nitrogen and oxygen atoms in total. The van der Waals surface area contributed by atoms with Gasteiger partial charge in [0.2, 0.25) is 0 Å². The van der Waals surface area contributed by atoms with Crippen LogP contribution in [0.3, 0.4) is 0 Å². The molecule has 2 aliphatic heterocycles. The maximum atomic E-state index is 4.41. The average Bonchev–Trinajstić information content (AvgIpc) is 2.77. The van der Waals surface area contributed by atoms with E-state index in [0.717, 1.165) is 25.6 Å². The van der Waals surface area contributed by atoms with Crippen molar-refractivity contribution in [1.82, 2.24) is 20.4 Å². The molecule has 5 heteroatoms. The van der Waals surface area contributed by atoms with Gasteiger partial charge in [0, 0.05) is 25.7 Å². The first-order valence-corrected chi connectivity index (χ1v) is 7.12. The van der Waals surface area contributed by atoms with E-state index in [2.05, 4.69) is 31.8 Å². The zero-order valence-corrected chi connectivity index (χ0v) is 10.9. The molecule has 2 saturated heterocycles. The van der Waals surface area contributed by atoms with Gasteiger partial charge in [-0.2, -0.15) is 5.10 Å². The molecule has 2 fully saturated rings. The predicted molar refractivity (Wildman–Crippen MR) is 72.8 cm³/mol. The molecule has 3 N–H and O–H groups in total.